The number of benzene rings is 1. The number of rotatable bonds is 5. The van der Waals surface area contributed by atoms with Crippen LogP contribution >= 0.6 is 39.9 Å². The van der Waals surface area contributed by atoms with E-state index in [-0.39, 0.29) is 10.9 Å². The molecule has 1 aliphatic heterocycles. The molecule has 0 aliphatic carbocycles. The van der Waals surface area contributed by atoms with Gasteiger partial charge in [0, 0.05) is 16.6 Å². The van der Waals surface area contributed by atoms with Crippen molar-refractivity contribution < 1.29 is 22.5 Å². The SMILES string of the molecule is COc1ccc(Br)cc1/C=C1\SC(=S)N(CCS(=O)(=O)O)C1=O. The second-order valence-corrected chi connectivity index (χ2v) is 8.67. The van der Waals surface area contributed by atoms with Gasteiger partial charge in [0.05, 0.1) is 17.8 Å². The van der Waals surface area contributed by atoms with Gasteiger partial charge in [-0.3, -0.25) is 14.2 Å². The van der Waals surface area contributed by atoms with Crippen LogP contribution in [-0.4, -0.2) is 47.5 Å². The van der Waals surface area contributed by atoms with E-state index in [0.717, 1.165) is 21.1 Å². The highest BCUT2D eigenvalue weighted by atomic mass is 79.9. The first-order chi connectivity index (χ1) is 10.7. The number of ether oxygens (including phenoxy) is 1. The van der Waals surface area contributed by atoms with Gasteiger partial charge in [-0.25, -0.2) is 0 Å². The second kappa shape index (κ2) is 7.31. The van der Waals surface area contributed by atoms with Gasteiger partial charge in [-0.15, -0.1) is 0 Å². The number of hydrogen-bond acceptors (Lipinski definition) is 6. The molecule has 1 aromatic rings. The van der Waals surface area contributed by atoms with Gasteiger partial charge in [-0.05, 0) is 24.3 Å². The van der Waals surface area contributed by atoms with Crippen LogP contribution < -0.4 is 4.74 Å². The maximum Gasteiger partial charge on any atom is 0.266 e. The van der Waals surface area contributed by atoms with Crippen LogP contribution in [0.5, 0.6) is 5.75 Å². The molecule has 1 aliphatic rings. The lowest BCUT2D eigenvalue weighted by Gasteiger charge is -2.12. The molecule has 6 nitrogen and oxygen atoms in total. The number of methoxy groups -OCH3 is 1. The van der Waals surface area contributed by atoms with E-state index < -0.39 is 21.8 Å². The highest BCUT2D eigenvalue weighted by Gasteiger charge is 2.32. The number of carbonyl (C=O) groups excluding carboxylic acids is 1. The van der Waals surface area contributed by atoms with Gasteiger partial charge in [0.15, 0.2) is 0 Å². The highest BCUT2D eigenvalue weighted by molar-refractivity contribution is 9.10. The number of carbonyl (C=O) groups is 1. The zero-order chi connectivity index (χ0) is 17.2. The molecular weight excluding hydrogens is 426 g/mol. The molecular formula is C13H12BrNO5S3. The fourth-order valence-corrected chi connectivity index (χ4v) is 3.95. The van der Waals surface area contributed by atoms with E-state index in [9.17, 15) is 13.2 Å². The van der Waals surface area contributed by atoms with Gasteiger partial charge in [0.2, 0.25) is 0 Å². The Kier molecular flexibility index (Phi) is 5.84. The lowest BCUT2D eigenvalue weighted by molar-refractivity contribution is -0.121. The number of amides is 1. The molecule has 1 heterocycles. The van der Waals surface area contributed by atoms with Crippen LogP contribution in [-0.2, 0) is 14.9 Å². The summed E-state index contributed by atoms with van der Waals surface area (Å²) >= 11 is 9.52. The second-order valence-electron chi connectivity index (χ2n) is 4.51. The van der Waals surface area contributed by atoms with Crippen LogP contribution in [0, 0.1) is 0 Å². The summed E-state index contributed by atoms with van der Waals surface area (Å²) in [7, 11) is -2.63. The predicted molar refractivity (Wildman–Crippen MR) is 97.0 cm³/mol. The Hall–Kier alpha value is -0.940. The van der Waals surface area contributed by atoms with Gasteiger partial charge < -0.3 is 4.74 Å². The van der Waals surface area contributed by atoms with Gasteiger partial charge in [0.1, 0.15) is 10.1 Å². The standard InChI is InChI=1S/C13H12BrNO5S3/c1-20-10-3-2-9(14)6-8(10)7-11-12(16)15(13(21)22-11)4-5-23(17,18)19/h2-3,6-7H,4-5H2,1H3,(H,17,18,19)/b11-7-. The fraction of sp³-hybridized carbons (Fsp3) is 0.231. The Balaban J connectivity index is 2.27. The minimum absolute atomic E-state index is 0.184. The smallest absolute Gasteiger partial charge is 0.266 e. The van der Waals surface area contributed by atoms with E-state index in [1.54, 1.807) is 18.2 Å². The number of hydrogen-bond donors (Lipinski definition) is 1. The molecule has 1 N–H and O–H groups in total. The average Bonchev–Trinajstić information content (AvgIpc) is 2.71. The third-order valence-electron chi connectivity index (χ3n) is 2.92. The van der Waals surface area contributed by atoms with E-state index in [1.807, 2.05) is 6.07 Å². The third kappa shape index (κ3) is 4.77. The van der Waals surface area contributed by atoms with Gasteiger partial charge >= 0.3 is 0 Å². The predicted octanol–water partition coefficient (Wildman–Crippen LogP) is 2.55. The topological polar surface area (TPSA) is 83.9 Å². The largest absolute Gasteiger partial charge is 0.496 e. The molecule has 10 heteroatoms. The van der Waals surface area contributed by atoms with Crippen molar-refractivity contribution in [1.29, 1.82) is 0 Å². The molecule has 0 atom stereocenters. The molecule has 1 amide bonds. The molecule has 0 unspecified atom stereocenters. The first kappa shape index (κ1) is 18.4. The molecule has 0 bridgehead atoms. The van der Waals surface area contributed by atoms with Crippen molar-refractivity contribution in [2.24, 2.45) is 0 Å². The summed E-state index contributed by atoms with van der Waals surface area (Å²) in [6.07, 6.45) is 1.64. The van der Waals surface area contributed by atoms with E-state index in [1.165, 1.54) is 7.11 Å². The summed E-state index contributed by atoms with van der Waals surface area (Å²) in [5, 5.41) is 0. The van der Waals surface area contributed by atoms with Crippen LogP contribution in [0.4, 0.5) is 0 Å². The van der Waals surface area contributed by atoms with Crippen molar-refractivity contribution in [2.45, 2.75) is 0 Å². The minimum atomic E-state index is -4.16. The number of thiocarbonyl (C=S) groups is 1. The Morgan fingerprint density at radius 3 is 2.78 bits per heavy atom. The highest BCUT2D eigenvalue weighted by Crippen LogP contribution is 2.34. The number of thioether (sulfide) groups is 1. The summed E-state index contributed by atoms with van der Waals surface area (Å²) in [5.74, 6) is -0.366. The first-order valence-corrected chi connectivity index (χ1v) is 9.88. The zero-order valence-electron chi connectivity index (χ0n) is 11.9. The van der Waals surface area contributed by atoms with E-state index in [0.29, 0.717) is 16.2 Å². The Morgan fingerprint density at radius 2 is 2.17 bits per heavy atom. The van der Waals surface area contributed by atoms with E-state index in [2.05, 4.69) is 15.9 Å². The molecule has 0 spiro atoms. The maximum atomic E-state index is 12.3. The molecule has 124 valence electrons. The normalized spacial score (nSPS) is 17.2. The van der Waals surface area contributed by atoms with Crippen LogP contribution in [0.3, 0.4) is 0 Å². The van der Waals surface area contributed by atoms with E-state index >= 15 is 0 Å². The first-order valence-electron chi connectivity index (χ1n) is 6.25. The summed E-state index contributed by atoms with van der Waals surface area (Å²) in [4.78, 5) is 13.9. The lowest BCUT2D eigenvalue weighted by atomic mass is 10.2. The number of halogens is 1. The Morgan fingerprint density at radius 1 is 1.48 bits per heavy atom. The zero-order valence-corrected chi connectivity index (χ0v) is 15.9. The fourth-order valence-electron chi connectivity index (χ4n) is 1.86. The monoisotopic (exact) mass is 437 g/mol. The van der Waals surface area contributed by atoms with E-state index in [4.69, 9.17) is 21.5 Å². The lowest BCUT2D eigenvalue weighted by Crippen LogP contribution is -2.32. The summed E-state index contributed by atoms with van der Waals surface area (Å²) in [6.45, 7) is -0.184. The summed E-state index contributed by atoms with van der Waals surface area (Å²) in [5.41, 5.74) is 0.692. The van der Waals surface area contributed by atoms with Gasteiger partial charge in [-0.2, -0.15) is 8.42 Å². The van der Waals surface area contributed by atoms with Crippen LogP contribution in [0.2, 0.25) is 0 Å². The maximum absolute atomic E-state index is 12.3. The van der Waals surface area contributed by atoms with Crippen LogP contribution in [0.1, 0.15) is 5.56 Å². The molecule has 1 fully saturated rings. The molecule has 0 radical (unpaired) electrons. The molecule has 1 aromatic carbocycles. The quantitative estimate of drug-likeness (QED) is 0.430. The van der Waals surface area contributed by atoms with Crippen molar-refractivity contribution in [3.63, 3.8) is 0 Å². The molecule has 1 saturated heterocycles. The van der Waals surface area contributed by atoms with Crippen LogP contribution in [0.25, 0.3) is 6.08 Å². The van der Waals surface area contributed by atoms with Crippen molar-refractivity contribution >= 4 is 66.3 Å². The number of nitrogens with zero attached hydrogens (tertiary/aromatic N) is 1. The van der Waals surface area contributed by atoms with Crippen molar-refractivity contribution in [2.75, 3.05) is 19.4 Å². The average molecular weight is 438 g/mol. The summed E-state index contributed by atoms with van der Waals surface area (Å²) < 4.78 is 36.8. The summed E-state index contributed by atoms with van der Waals surface area (Å²) in [6, 6.07) is 5.37. The molecule has 23 heavy (non-hydrogen) atoms. The van der Waals surface area contributed by atoms with Crippen molar-refractivity contribution in [3.8, 4) is 5.75 Å². The van der Waals surface area contributed by atoms with Crippen molar-refractivity contribution in [1.82, 2.24) is 4.90 Å². The van der Waals surface area contributed by atoms with Gasteiger partial charge in [-0.1, -0.05) is 39.9 Å². The molecule has 2 rings (SSSR count). The third-order valence-corrected chi connectivity index (χ3v) is 5.49. The Bertz CT molecular complexity index is 791. The van der Waals surface area contributed by atoms with Crippen molar-refractivity contribution in [3.05, 3.63) is 33.1 Å². The molecule has 0 aromatic heterocycles. The van der Waals surface area contributed by atoms with Crippen LogP contribution in [0.15, 0.2) is 27.6 Å². The Labute approximate surface area is 151 Å². The van der Waals surface area contributed by atoms with Gasteiger partial charge in [0.25, 0.3) is 16.0 Å². The molecule has 0 saturated carbocycles. The minimum Gasteiger partial charge on any atom is -0.496 e.